The molecule has 0 bridgehead atoms. The first-order valence-corrected chi connectivity index (χ1v) is 8.88. The SMILES string of the molecule is COCc1c(N=C=S)ncc2[nH]c3ccc(OCc4ccccc4)cc3c12. The molecule has 4 aromatic rings. The van der Waals surface area contributed by atoms with Crippen molar-refractivity contribution in [2.45, 2.75) is 13.2 Å². The number of hydrogen-bond donors (Lipinski definition) is 1. The zero-order valence-electron chi connectivity index (χ0n) is 14.7. The van der Waals surface area contributed by atoms with Crippen LogP contribution in [0.4, 0.5) is 5.82 Å². The van der Waals surface area contributed by atoms with Crippen molar-refractivity contribution in [1.82, 2.24) is 9.97 Å². The topological polar surface area (TPSA) is 59.5 Å². The van der Waals surface area contributed by atoms with Gasteiger partial charge in [-0.2, -0.15) is 4.99 Å². The van der Waals surface area contributed by atoms with E-state index in [0.717, 1.165) is 38.7 Å². The average molecular weight is 375 g/mol. The summed E-state index contributed by atoms with van der Waals surface area (Å²) in [6, 6.07) is 16.1. The number of benzene rings is 2. The maximum atomic E-state index is 5.98. The van der Waals surface area contributed by atoms with Crippen molar-refractivity contribution in [3.05, 3.63) is 65.9 Å². The van der Waals surface area contributed by atoms with Gasteiger partial charge in [0.15, 0.2) is 5.82 Å². The molecule has 134 valence electrons. The number of thiocarbonyl (C=S) groups is 1. The van der Waals surface area contributed by atoms with Gasteiger partial charge in [-0.3, -0.25) is 0 Å². The van der Waals surface area contributed by atoms with Crippen molar-refractivity contribution < 1.29 is 9.47 Å². The fourth-order valence-corrected chi connectivity index (χ4v) is 3.27. The van der Waals surface area contributed by atoms with Gasteiger partial charge in [-0.25, -0.2) is 4.98 Å². The van der Waals surface area contributed by atoms with E-state index in [1.54, 1.807) is 13.3 Å². The van der Waals surface area contributed by atoms with Crippen molar-refractivity contribution in [2.75, 3.05) is 7.11 Å². The van der Waals surface area contributed by atoms with Crippen LogP contribution in [-0.2, 0) is 18.0 Å². The van der Waals surface area contributed by atoms with Crippen LogP contribution in [-0.4, -0.2) is 22.2 Å². The Morgan fingerprint density at radius 2 is 1.96 bits per heavy atom. The number of aromatic amines is 1. The molecule has 0 saturated carbocycles. The Bertz CT molecular complexity index is 1150. The lowest BCUT2D eigenvalue weighted by Crippen LogP contribution is -1.95. The number of nitrogens with zero attached hydrogens (tertiary/aromatic N) is 2. The minimum absolute atomic E-state index is 0.377. The summed E-state index contributed by atoms with van der Waals surface area (Å²) >= 11 is 4.75. The molecule has 0 amide bonds. The van der Waals surface area contributed by atoms with Crippen LogP contribution in [0.2, 0.25) is 0 Å². The van der Waals surface area contributed by atoms with E-state index in [1.165, 1.54) is 0 Å². The Hall–Kier alpha value is -3.05. The first-order valence-electron chi connectivity index (χ1n) is 8.47. The first kappa shape index (κ1) is 17.4. The van der Waals surface area contributed by atoms with E-state index in [2.05, 4.69) is 20.1 Å². The molecule has 1 N–H and O–H groups in total. The molecule has 0 aliphatic carbocycles. The number of aliphatic imine (C=N–C) groups is 1. The molecule has 2 aromatic heterocycles. The highest BCUT2D eigenvalue weighted by molar-refractivity contribution is 7.78. The van der Waals surface area contributed by atoms with Gasteiger partial charge in [0.25, 0.3) is 0 Å². The fourth-order valence-electron chi connectivity index (χ4n) is 3.18. The minimum Gasteiger partial charge on any atom is -0.489 e. The summed E-state index contributed by atoms with van der Waals surface area (Å²) in [6.07, 6.45) is 1.75. The lowest BCUT2D eigenvalue weighted by atomic mass is 10.1. The molecule has 0 aliphatic rings. The van der Waals surface area contributed by atoms with E-state index in [0.29, 0.717) is 19.0 Å². The van der Waals surface area contributed by atoms with Crippen molar-refractivity contribution in [3.63, 3.8) is 0 Å². The largest absolute Gasteiger partial charge is 0.489 e. The van der Waals surface area contributed by atoms with Crippen LogP contribution < -0.4 is 4.74 Å². The number of hydrogen-bond acceptors (Lipinski definition) is 5. The summed E-state index contributed by atoms with van der Waals surface area (Å²) in [5.41, 5.74) is 3.91. The van der Waals surface area contributed by atoms with Gasteiger partial charge in [0, 0.05) is 29.0 Å². The molecule has 0 fully saturated rings. The van der Waals surface area contributed by atoms with Gasteiger partial charge in [-0.15, -0.1) is 0 Å². The molecule has 5 nitrogen and oxygen atoms in total. The van der Waals surface area contributed by atoms with Crippen molar-refractivity contribution in [1.29, 1.82) is 0 Å². The van der Waals surface area contributed by atoms with Crippen molar-refractivity contribution in [3.8, 4) is 5.75 Å². The normalized spacial score (nSPS) is 10.9. The second-order valence-corrected chi connectivity index (χ2v) is 6.27. The maximum Gasteiger partial charge on any atom is 0.168 e. The molecule has 0 radical (unpaired) electrons. The predicted octanol–water partition coefficient (Wildman–Crippen LogP) is 5.18. The van der Waals surface area contributed by atoms with Gasteiger partial charge >= 0.3 is 0 Å². The Balaban J connectivity index is 1.80. The lowest BCUT2D eigenvalue weighted by Gasteiger charge is -2.08. The highest BCUT2D eigenvalue weighted by Gasteiger charge is 2.15. The number of aromatic nitrogens is 2. The number of fused-ring (bicyclic) bond motifs is 3. The number of H-pyrrole nitrogens is 1. The van der Waals surface area contributed by atoms with E-state index >= 15 is 0 Å². The zero-order valence-corrected chi connectivity index (χ0v) is 15.5. The second-order valence-electron chi connectivity index (χ2n) is 6.09. The molecule has 2 aromatic carbocycles. The van der Waals surface area contributed by atoms with E-state index in [-0.39, 0.29) is 0 Å². The number of pyridine rings is 1. The first-order chi connectivity index (χ1) is 13.3. The molecule has 27 heavy (non-hydrogen) atoms. The monoisotopic (exact) mass is 375 g/mol. The number of nitrogens with one attached hydrogen (secondary N) is 1. The fraction of sp³-hybridized carbons (Fsp3) is 0.143. The lowest BCUT2D eigenvalue weighted by molar-refractivity contribution is 0.186. The van der Waals surface area contributed by atoms with Crippen LogP contribution in [0.5, 0.6) is 5.75 Å². The van der Waals surface area contributed by atoms with Gasteiger partial charge in [0.1, 0.15) is 12.4 Å². The van der Waals surface area contributed by atoms with Gasteiger partial charge < -0.3 is 14.5 Å². The highest BCUT2D eigenvalue weighted by Crippen LogP contribution is 2.34. The number of rotatable bonds is 6. The summed E-state index contributed by atoms with van der Waals surface area (Å²) in [4.78, 5) is 11.8. The molecule has 0 aliphatic heterocycles. The van der Waals surface area contributed by atoms with Crippen LogP contribution in [0.3, 0.4) is 0 Å². The van der Waals surface area contributed by atoms with Gasteiger partial charge in [-0.1, -0.05) is 30.3 Å². The van der Waals surface area contributed by atoms with Gasteiger partial charge in [0.05, 0.1) is 23.5 Å². The van der Waals surface area contributed by atoms with Crippen LogP contribution in [0, 0.1) is 0 Å². The summed E-state index contributed by atoms with van der Waals surface area (Å²) < 4.78 is 11.4. The summed E-state index contributed by atoms with van der Waals surface area (Å²) in [5.74, 6) is 1.32. The summed E-state index contributed by atoms with van der Waals surface area (Å²) in [7, 11) is 1.65. The van der Waals surface area contributed by atoms with Crippen LogP contribution >= 0.6 is 12.2 Å². The van der Waals surface area contributed by atoms with Crippen LogP contribution in [0.1, 0.15) is 11.1 Å². The number of methoxy groups -OCH3 is 1. The van der Waals surface area contributed by atoms with Crippen molar-refractivity contribution >= 4 is 45.0 Å². The second kappa shape index (κ2) is 7.68. The molecule has 0 saturated heterocycles. The number of isothiocyanates is 1. The maximum absolute atomic E-state index is 5.98. The zero-order chi connectivity index (χ0) is 18.6. The van der Waals surface area contributed by atoms with Crippen LogP contribution in [0.25, 0.3) is 21.8 Å². The predicted molar refractivity (Wildman–Crippen MR) is 110 cm³/mol. The third kappa shape index (κ3) is 3.46. The molecule has 4 rings (SSSR count). The van der Waals surface area contributed by atoms with E-state index in [4.69, 9.17) is 21.7 Å². The Kier molecular flexibility index (Phi) is 4.94. The van der Waals surface area contributed by atoms with E-state index < -0.39 is 0 Å². The third-order valence-electron chi connectivity index (χ3n) is 4.38. The molecule has 0 unspecified atom stereocenters. The molecule has 6 heteroatoms. The number of ether oxygens (including phenoxy) is 2. The summed E-state index contributed by atoms with van der Waals surface area (Å²) in [5, 5.41) is 4.44. The third-order valence-corrected chi connectivity index (χ3v) is 4.47. The van der Waals surface area contributed by atoms with Gasteiger partial charge in [-0.05, 0) is 36.0 Å². The average Bonchev–Trinajstić information content (AvgIpc) is 3.07. The van der Waals surface area contributed by atoms with Crippen molar-refractivity contribution in [2.24, 2.45) is 4.99 Å². The molecular weight excluding hydrogens is 358 g/mol. The van der Waals surface area contributed by atoms with Gasteiger partial charge in [0.2, 0.25) is 0 Å². The standard InChI is InChI=1S/C21H17N3O2S/c1-25-12-17-20-16-9-15(26-11-14-5-3-2-4-6-14)7-8-18(16)24-19(20)10-22-21(17)23-13-27/h2-10,24H,11-12H2,1H3. The minimum atomic E-state index is 0.377. The molecule has 0 spiro atoms. The molecular formula is C21H17N3O2S. The smallest absolute Gasteiger partial charge is 0.168 e. The Morgan fingerprint density at radius 3 is 2.74 bits per heavy atom. The molecule has 2 heterocycles. The molecule has 0 atom stereocenters. The highest BCUT2D eigenvalue weighted by atomic mass is 32.1. The quantitative estimate of drug-likeness (QED) is 0.373. The Labute approximate surface area is 161 Å². The summed E-state index contributed by atoms with van der Waals surface area (Å²) in [6.45, 7) is 0.893. The van der Waals surface area contributed by atoms with E-state index in [1.807, 2.05) is 48.5 Å². The van der Waals surface area contributed by atoms with Crippen LogP contribution in [0.15, 0.2) is 59.7 Å². The Morgan fingerprint density at radius 1 is 1.11 bits per heavy atom. The van der Waals surface area contributed by atoms with E-state index in [9.17, 15) is 0 Å².